The Labute approximate surface area is 201 Å². The zero-order valence-electron chi connectivity index (χ0n) is 19.5. The Bertz CT molecular complexity index is 1150. The number of hydrogen-bond acceptors (Lipinski definition) is 5. The molecule has 1 aromatic carbocycles. The van der Waals surface area contributed by atoms with Crippen molar-refractivity contribution in [1.29, 1.82) is 5.26 Å². The van der Waals surface area contributed by atoms with Crippen molar-refractivity contribution in [3.8, 4) is 6.07 Å². The molecule has 1 unspecified atom stereocenters. The molecule has 1 atom stereocenters. The van der Waals surface area contributed by atoms with Gasteiger partial charge in [0.25, 0.3) is 5.91 Å². The van der Waals surface area contributed by atoms with Crippen molar-refractivity contribution in [2.24, 2.45) is 5.41 Å². The molecule has 184 valence electrons. The number of amides is 2. The van der Waals surface area contributed by atoms with E-state index in [1.54, 1.807) is 54.4 Å². The predicted octanol–water partition coefficient (Wildman–Crippen LogP) is 3.56. The topological polar surface area (TPSA) is 80.5 Å². The van der Waals surface area contributed by atoms with Gasteiger partial charge in [-0.15, -0.1) is 0 Å². The van der Waals surface area contributed by atoms with Crippen LogP contribution < -0.4 is 4.90 Å². The molecule has 1 spiro atoms. The van der Waals surface area contributed by atoms with Crippen molar-refractivity contribution < 1.29 is 22.8 Å². The molecular weight excluding hydrogens is 459 g/mol. The van der Waals surface area contributed by atoms with E-state index < -0.39 is 23.3 Å². The fourth-order valence-electron chi connectivity index (χ4n) is 5.09. The summed E-state index contributed by atoms with van der Waals surface area (Å²) in [6.07, 6.45) is -1.38. The summed E-state index contributed by atoms with van der Waals surface area (Å²) < 4.78 is 40.8. The molecular formula is C25H26F3N5O2. The highest BCUT2D eigenvalue weighted by atomic mass is 19.4. The molecule has 0 saturated carbocycles. The van der Waals surface area contributed by atoms with Gasteiger partial charge < -0.3 is 14.7 Å². The Hall–Kier alpha value is -3.61. The number of carbonyl (C=O) groups excluding carboxylic acids is 2. The third-order valence-corrected chi connectivity index (χ3v) is 6.99. The smallest absolute Gasteiger partial charge is 0.359 e. The van der Waals surface area contributed by atoms with Gasteiger partial charge in [0.15, 0.2) is 0 Å². The lowest BCUT2D eigenvalue weighted by Gasteiger charge is -2.39. The van der Waals surface area contributed by atoms with Gasteiger partial charge in [-0.1, -0.05) is 6.07 Å². The SMILES string of the molecule is CN(C)C(=O)C1CC2(CCN(C(=O)c3ccccn3)CC2)CN1c1ccc(C#N)c(C(F)(F)F)c1. The number of hydrogen-bond donors (Lipinski definition) is 0. The van der Waals surface area contributed by atoms with Crippen LogP contribution in [0.4, 0.5) is 18.9 Å². The number of alkyl halides is 3. The summed E-state index contributed by atoms with van der Waals surface area (Å²) in [5.41, 5.74) is -1.14. The van der Waals surface area contributed by atoms with Gasteiger partial charge in [-0.3, -0.25) is 14.6 Å². The highest BCUT2D eigenvalue weighted by Crippen LogP contribution is 2.46. The number of nitrogens with zero attached hydrogens (tertiary/aromatic N) is 5. The minimum Gasteiger partial charge on any atom is -0.359 e. The van der Waals surface area contributed by atoms with Gasteiger partial charge in [-0.05, 0) is 55.0 Å². The summed E-state index contributed by atoms with van der Waals surface area (Å²) in [5, 5.41) is 9.14. The minimum atomic E-state index is -4.68. The number of carbonyl (C=O) groups is 2. The van der Waals surface area contributed by atoms with Crippen LogP contribution >= 0.6 is 0 Å². The zero-order valence-corrected chi connectivity index (χ0v) is 19.5. The summed E-state index contributed by atoms with van der Waals surface area (Å²) in [4.78, 5) is 34.9. The first-order chi connectivity index (χ1) is 16.5. The maximum atomic E-state index is 13.6. The van der Waals surface area contributed by atoms with Crippen LogP contribution in [0.1, 0.15) is 40.9 Å². The Morgan fingerprint density at radius 3 is 2.46 bits per heavy atom. The van der Waals surface area contributed by atoms with Crippen LogP contribution in [-0.2, 0) is 11.0 Å². The number of anilines is 1. The van der Waals surface area contributed by atoms with Gasteiger partial charge in [0, 0.05) is 45.6 Å². The first kappa shape index (κ1) is 24.5. The molecule has 7 nitrogen and oxygen atoms in total. The molecule has 2 aromatic rings. The summed E-state index contributed by atoms with van der Waals surface area (Å²) in [5.74, 6) is -0.343. The molecule has 2 saturated heterocycles. The molecule has 1 aromatic heterocycles. The van der Waals surface area contributed by atoms with E-state index in [0.29, 0.717) is 44.6 Å². The molecule has 0 bridgehead atoms. The molecule has 10 heteroatoms. The second-order valence-corrected chi connectivity index (χ2v) is 9.43. The standard InChI is InChI=1S/C25H26F3N5O2/c1-31(2)23(35)21-14-24(8-11-32(12-9-24)22(34)20-5-3-4-10-30-20)16-33(21)18-7-6-17(15-29)19(13-18)25(26,27)28/h3-7,10,13,21H,8-9,11-12,14,16H2,1-2H3. The van der Waals surface area contributed by atoms with Crippen LogP contribution in [-0.4, -0.2) is 66.4 Å². The number of nitriles is 1. The molecule has 0 aliphatic carbocycles. The average molecular weight is 486 g/mol. The molecule has 4 rings (SSSR count). The van der Waals surface area contributed by atoms with Crippen LogP contribution in [0.2, 0.25) is 0 Å². The van der Waals surface area contributed by atoms with E-state index in [9.17, 15) is 22.8 Å². The van der Waals surface area contributed by atoms with Gasteiger partial charge in [0.1, 0.15) is 11.7 Å². The van der Waals surface area contributed by atoms with Crippen LogP contribution in [0.25, 0.3) is 0 Å². The van der Waals surface area contributed by atoms with E-state index in [2.05, 4.69) is 4.98 Å². The van der Waals surface area contributed by atoms with Crippen molar-refractivity contribution in [3.63, 3.8) is 0 Å². The van der Waals surface area contributed by atoms with Crippen molar-refractivity contribution in [1.82, 2.24) is 14.8 Å². The first-order valence-corrected chi connectivity index (χ1v) is 11.3. The molecule has 2 fully saturated rings. The summed E-state index contributed by atoms with van der Waals surface area (Å²) >= 11 is 0. The maximum absolute atomic E-state index is 13.6. The zero-order chi connectivity index (χ0) is 25.4. The highest BCUT2D eigenvalue weighted by Gasteiger charge is 2.49. The molecule has 35 heavy (non-hydrogen) atoms. The van der Waals surface area contributed by atoms with Gasteiger partial charge in [-0.2, -0.15) is 18.4 Å². The van der Waals surface area contributed by atoms with Gasteiger partial charge >= 0.3 is 6.18 Å². The summed E-state index contributed by atoms with van der Waals surface area (Å²) in [6, 6.07) is 9.74. The van der Waals surface area contributed by atoms with Crippen molar-refractivity contribution >= 4 is 17.5 Å². The fourth-order valence-corrected chi connectivity index (χ4v) is 5.09. The monoisotopic (exact) mass is 485 g/mol. The fraction of sp³-hybridized carbons (Fsp3) is 0.440. The lowest BCUT2D eigenvalue weighted by atomic mass is 9.76. The Morgan fingerprint density at radius 1 is 1.17 bits per heavy atom. The molecule has 2 aliphatic heterocycles. The predicted molar refractivity (Wildman–Crippen MR) is 122 cm³/mol. The number of halogens is 3. The number of piperidine rings is 1. The third kappa shape index (κ3) is 4.81. The van der Waals surface area contributed by atoms with Crippen molar-refractivity contribution in [3.05, 3.63) is 59.4 Å². The lowest BCUT2D eigenvalue weighted by Crippen LogP contribution is -2.44. The molecule has 0 N–H and O–H groups in total. The van der Waals surface area contributed by atoms with Crippen molar-refractivity contribution in [2.45, 2.75) is 31.5 Å². The average Bonchev–Trinajstić information content (AvgIpc) is 3.22. The highest BCUT2D eigenvalue weighted by molar-refractivity contribution is 5.92. The maximum Gasteiger partial charge on any atom is 0.417 e. The van der Waals surface area contributed by atoms with E-state index >= 15 is 0 Å². The Balaban J connectivity index is 1.60. The van der Waals surface area contributed by atoms with E-state index in [-0.39, 0.29) is 22.9 Å². The quantitative estimate of drug-likeness (QED) is 0.664. The number of likely N-dealkylation sites (N-methyl/N-ethyl adjacent to an activating group) is 1. The largest absolute Gasteiger partial charge is 0.417 e. The second-order valence-electron chi connectivity index (χ2n) is 9.43. The molecule has 0 radical (unpaired) electrons. The van der Waals surface area contributed by atoms with E-state index in [0.717, 1.165) is 12.1 Å². The molecule has 2 aliphatic rings. The first-order valence-electron chi connectivity index (χ1n) is 11.3. The normalized spacial score (nSPS) is 19.5. The van der Waals surface area contributed by atoms with Crippen LogP contribution in [0.5, 0.6) is 0 Å². The van der Waals surface area contributed by atoms with Gasteiger partial charge in [0.05, 0.1) is 17.2 Å². The van der Waals surface area contributed by atoms with Crippen LogP contribution in [0, 0.1) is 16.7 Å². The van der Waals surface area contributed by atoms with Gasteiger partial charge in [-0.25, -0.2) is 0 Å². The second kappa shape index (κ2) is 9.21. The summed E-state index contributed by atoms with van der Waals surface area (Å²) in [7, 11) is 3.25. The van der Waals surface area contributed by atoms with E-state index in [1.807, 2.05) is 0 Å². The Morgan fingerprint density at radius 2 is 1.89 bits per heavy atom. The number of pyridine rings is 1. The van der Waals surface area contributed by atoms with Gasteiger partial charge in [0.2, 0.25) is 5.91 Å². The number of likely N-dealkylation sites (tertiary alicyclic amines) is 1. The van der Waals surface area contributed by atoms with E-state index in [4.69, 9.17) is 5.26 Å². The Kier molecular flexibility index (Phi) is 6.45. The van der Waals surface area contributed by atoms with Crippen LogP contribution in [0.3, 0.4) is 0 Å². The number of rotatable bonds is 3. The van der Waals surface area contributed by atoms with Crippen molar-refractivity contribution in [2.75, 3.05) is 38.6 Å². The number of aromatic nitrogens is 1. The number of benzene rings is 1. The lowest BCUT2D eigenvalue weighted by molar-refractivity contribution is -0.137. The van der Waals surface area contributed by atoms with Crippen LogP contribution in [0.15, 0.2) is 42.6 Å². The minimum absolute atomic E-state index is 0.155. The summed E-state index contributed by atoms with van der Waals surface area (Å²) in [6.45, 7) is 1.35. The molecule has 3 heterocycles. The van der Waals surface area contributed by atoms with E-state index in [1.165, 1.54) is 11.0 Å². The molecule has 2 amide bonds. The third-order valence-electron chi connectivity index (χ3n) is 6.99.